The predicted octanol–water partition coefficient (Wildman–Crippen LogP) is 3.09. The van der Waals surface area contributed by atoms with E-state index in [2.05, 4.69) is 0 Å². The van der Waals surface area contributed by atoms with Crippen molar-refractivity contribution in [3.63, 3.8) is 0 Å². The van der Waals surface area contributed by atoms with Gasteiger partial charge in [-0.1, -0.05) is 39.5 Å². The molecule has 0 fully saturated rings. The third-order valence-corrected chi connectivity index (χ3v) is 4.32. The molecule has 0 aliphatic rings. The van der Waals surface area contributed by atoms with Crippen LogP contribution >= 0.6 is 7.60 Å². The number of hydrogen-bond acceptors (Lipinski definition) is 3. The maximum atomic E-state index is 12.1. The average molecular weight is 294 g/mol. The van der Waals surface area contributed by atoms with Crippen molar-refractivity contribution in [2.45, 2.75) is 58.8 Å². The molecule has 19 heavy (non-hydrogen) atoms. The molecule has 0 bridgehead atoms. The first-order chi connectivity index (χ1) is 8.81. The summed E-state index contributed by atoms with van der Waals surface area (Å²) >= 11 is 0. The van der Waals surface area contributed by atoms with Crippen molar-refractivity contribution in [1.82, 2.24) is 0 Å². The Balaban J connectivity index is 4.98. The summed E-state index contributed by atoms with van der Waals surface area (Å²) in [4.78, 5) is 30.2. The molecule has 6 heteroatoms. The summed E-state index contributed by atoms with van der Waals surface area (Å²) in [5.74, 6) is -0.331. The third-order valence-electron chi connectivity index (χ3n) is 3.52. The van der Waals surface area contributed by atoms with E-state index < -0.39 is 13.0 Å². The Morgan fingerprint density at radius 3 is 1.89 bits per heavy atom. The molecule has 0 aromatic carbocycles. The van der Waals surface area contributed by atoms with Crippen LogP contribution in [0, 0.1) is 5.41 Å². The van der Waals surface area contributed by atoms with Crippen molar-refractivity contribution in [3.05, 3.63) is 0 Å². The van der Waals surface area contributed by atoms with Crippen LogP contribution in [0.5, 0.6) is 0 Å². The highest BCUT2D eigenvalue weighted by Crippen LogP contribution is 2.43. The lowest BCUT2D eigenvalue weighted by molar-refractivity contribution is -0.154. The van der Waals surface area contributed by atoms with Gasteiger partial charge in [0.1, 0.15) is 0 Å². The molecular weight excluding hydrogens is 267 g/mol. The van der Waals surface area contributed by atoms with Gasteiger partial charge in [0.25, 0.3) is 0 Å². The first-order valence-corrected chi connectivity index (χ1v) is 8.74. The summed E-state index contributed by atoms with van der Waals surface area (Å²) < 4.78 is 16.0. The van der Waals surface area contributed by atoms with Crippen LogP contribution in [0.1, 0.15) is 58.8 Å². The second-order valence-corrected chi connectivity index (χ2v) is 6.89. The summed E-state index contributed by atoms with van der Waals surface area (Å²) in [6.45, 7) is 4.07. The molecule has 0 aliphatic carbocycles. The molecule has 2 N–H and O–H groups in total. The second-order valence-electron chi connectivity index (χ2n) is 5.12. The molecule has 114 valence electrons. The quantitative estimate of drug-likeness (QED) is 0.478. The SMILES string of the molecule is CCCCC(CCCC)(CCP(=O)(O)O)C(=O)OC. The van der Waals surface area contributed by atoms with Gasteiger partial charge >= 0.3 is 13.6 Å². The second kappa shape index (κ2) is 8.72. The van der Waals surface area contributed by atoms with E-state index in [0.717, 1.165) is 25.7 Å². The van der Waals surface area contributed by atoms with Gasteiger partial charge in [-0.25, -0.2) is 0 Å². The van der Waals surface area contributed by atoms with E-state index in [-0.39, 0.29) is 18.6 Å². The number of carbonyl (C=O) groups excluding carboxylic acids is 1. The van der Waals surface area contributed by atoms with Crippen molar-refractivity contribution >= 4 is 13.6 Å². The highest BCUT2D eigenvalue weighted by Gasteiger charge is 2.39. The summed E-state index contributed by atoms with van der Waals surface area (Å²) in [6, 6.07) is 0. The minimum Gasteiger partial charge on any atom is -0.469 e. The van der Waals surface area contributed by atoms with Gasteiger partial charge in [0.15, 0.2) is 0 Å². The number of hydrogen-bond donors (Lipinski definition) is 2. The summed E-state index contributed by atoms with van der Waals surface area (Å²) in [6.07, 6.45) is 4.83. The van der Waals surface area contributed by atoms with Crippen LogP contribution in [0.15, 0.2) is 0 Å². The van der Waals surface area contributed by atoms with Crippen molar-refractivity contribution in [2.24, 2.45) is 5.41 Å². The van der Waals surface area contributed by atoms with Crippen molar-refractivity contribution in [3.8, 4) is 0 Å². The standard InChI is InChI=1S/C13H27O5P/c1-4-6-8-13(9-7-5-2,12(14)18-3)10-11-19(15,16)17/h4-11H2,1-3H3,(H2,15,16,17). The number of ether oxygens (including phenoxy) is 1. The minimum absolute atomic E-state index is 0.198. The van der Waals surface area contributed by atoms with E-state index >= 15 is 0 Å². The molecule has 0 aliphatic heterocycles. The van der Waals surface area contributed by atoms with E-state index in [9.17, 15) is 9.36 Å². The highest BCUT2D eigenvalue weighted by atomic mass is 31.2. The molecule has 0 saturated carbocycles. The van der Waals surface area contributed by atoms with Crippen LogP contribution in [0.2, 0.25) is 0 Å². The van der Waals surface area contributed by atoms with Crippen LogP contribution in [0.3, 0.4) is 0 Å². The summed E-state index contributed by atoms with van der Waals surface area (Å²) in [7, 11) is -2.74. The van der Waals surface area contributed by atoms with Gasteiger partial charge in [-0.3, -0.25) is 9.36 Å². The van der Waals surface area contributed by atoms with Crippen molar-refractivity contribution < 1.29 is 23.9 Å². The van der Waals surface area contributed by atoms with Crippen LogP contribution in [-0.2, 0) is 14.1 Å². The van der Waals surface area contributed by atoms with E-state index in [1.54, 1.807) is 0 Å². The fraction of sp³-hybridized carbons (Fsp3) is 0.923. The normalized spacial score (nSPS) is 12.5. The van der Waals surface area contributed by atoms with E-state index in [0.29, 0.717) is 12.8 Å². The lowest BCUT2D eigenvalue weighted by atomic mass is 9.76. The monoisotopic (exact) mass is 294 g/mol. The fourth-order valence-corrected chi connectivity index (χ4v) is 3.01. The van der Waals surface area contributed by atoms with Crippen LogP contribution in [-0.4, -0.2) is 29.0 Å². The molecule has 0 unspecified atom stereocenters. The maximum Gasteiger partial charge on any atom is 0.325 e. The van der Waals surface area contributed by atoms with Gasteiger partial charge in [0.05, 0.1) is 18.7 Å². The smallest absolute Gasteiger partial charge is 0.325 e. The van der Waals surface area contributed by atoms with Crippen LogP contribution < -0.4 is 0 Å². The average Bonchev–Trinajstić information content (AvgIpc) is 2.36. The fourth-order valence-electron chi connectivity index (χ4n) is 2.29. The highest BCUT2D eigenvalue weighted by molar-refractivity contribution is 7.51. The zero-order valence-corrected chi connectivity index (χ0v) is 13.1. The Bertz CT molecular complexity index is 302. The molecule has 0 spiro atoms. The minimum atomic E-state index is -4.08. The van der Waals surface area contributed by atoms with Gasteiger partial charge in [-0.05, 0) is 19.3 Å². The number of rotatable bonds is 10. The number of methoxy groups -OCH3 is 1. The molecule has 0 radical (unpaired) electrons. The van der Waals surface area contributed by atoms with Gasteiger partial charge in [0.2, 0.25) is 0 Å². The van der Waals surface area contributed by atoms with Crippen LogP contribution in [0.25, 0.3) is 0 Å². The first-order valence-electron chi connectivity index (χ1n) is 6.94. The Labute approximate surface area is 115 Å². The Morgan fingerprint density at radius 2 is 1.58 bits per heavy atom. The lowest BCUT2D eigenvalue weighted by Gasteiger charge is -2.31. The van der Waals surface area contributed by atoms with E-state index in [4.69, 9.17) is 14.5 Å². The molecule has 0 aromatic heterocycles. The molecule has 0 saturated heterocycles. The molecule has 0 atom stereocenters. The number of carbonyl (C=O) groups is 1. The molecule has 0 heterocycles. The van der Waals surface area contributed by atoms with Gasteiger partial charge in [-0.15, -0.1) is 0 Å². The zero-order chi connectivity index (χ0) is 14.9. The zero-order valence-electron chi connectivity index (χ0n) is 12.2. The largest absolute Gasteiger partial charge is 0.469 e. The maximum absolute atomic E-state index is 12.1. The number of esters is 1. The Hall–Kier alpha value is -0.380. The third kappa shape index (κ3) is 7.09. The summed E-state index contributed by atoms with van der Waals surface area (Å²) in [5.41, 5.74) is -0.734. The Morgan fingerprint density at radius 1 is 1.11 bits per heavy atom. The topological polar surface area (TPSA) is 83.8 Å². The van der Waals surface area contributed by atoms with Gasteiger partial charge < -0.3 is 14.5 Å². The van der Waals surface area contributed by atoms with E-state index in [1.807, 2.05) is 13.8 Å². The molecule has 0 rings (SSSR count). The van der Waals surface area contributed by atoms with Gasteiger partial charge in [0, 0.05) is 0 Å². The molecular formula is C13H27O5P. The van der Waals surface area contributed by atoms with Crippen molar-refractivity contribution in [1.29, 1.82) is 0 Å². The lowest BCUT2D eigenvalue weighted by Crippen LogP contribution is -2.33. The Kier molecular flexibility index (Phi) is 8.55. The molecule has 0 amide bonds. The van der Waals surface area contributed by atoms with Crippen LogP contribution in [0.4, 0.5) is 0 Å². The predicted molar refractivity (Wildman–Crippen MR) is 75.0 cm³/mol. The molecule has 0 aromatic rings. The van der Waals surface area contributed by atoms with Crippen molar-refractivity contribution in [2.75, 3.05) is 13.3 Å². The van der Waals surface area contributed by atoms with E-state index in [1.165, 1.54) is 7.11 Å². The van der Waals surface area contributed by atoms with Gasteiger partial charge in [-0.2, -0.15) is 0 Å². The number of unbranched alkanes of at least 4 members (excludes halogenated alkanes) is 2. The summed E-state index contributed by atoms with van der Waals surface area (Å²) in [5, 5.41) is 0. The molecule has 5 nitrogen and oxygen atoms in total. The first kappa shape index (κ1) is 18.6.